The minimum Gasteiger partial charge on any atom is -0.378 e. The predicted molar refractivity (Wildman–Crippen MR) is 71.2 cm³/mol. The van der Waals surface area contributed by atoms with Gasteiger partial charge in [-0.05, 0) is 18.2 Å². The molecule has 0 bridgehead atoms. The van der Waals surface area contributed by atoms with Crippen molar-refractivity contribution in [3.63, 3.8) is 0 Å². The number of carbonyl (C=O) groups is 1. The zero-order valence-corrected chi connectivity index (χ0v) is 10.7. The van der Waals surface area contributed by atoms with Gasteiger partial charge in [0.1, 0.15) is 11.4 Å². The molecule has 6 heteroatoms. The summed E-state index contributed by atoms with van der Waals surface area (Å²) in [5.41, 5.74) is 0.0923. The van der Waals surface area contributed by atoms with Crippen LogP contribution in [-0.4, -0.2) is 42.1 Å². The Morgan fingerprint density at radius 2 is 2.05 bits per heavy atom. The second-order valence-corrected chi connectivity index (χ2v) is 4.63. The Morgan fingerprint density at radius 1 is 1.30 bits per heavy atom. The van der Waals surface area contributed by atoms with Crippen LogP contribution in [0.1, 0.15) is 10.4 Å². The molecule has 5 nitrogen and oxygen atoms in total. The van der Waals surface area contributed by atoms with E-state index in [1.165, 1.54) is 18.3 Å². The second-order valence-electron chi connectivity index (χ2n) is 4.63. The molecule has 0 unspecified atom stereocenters. The van der Waals surface area contributed by atoms with E-state index < -0.39 is 11.2 Å². The number of fused-ring (bicyclic) bond motifs is 1. The van der Waals surface area contributed by atoms with Gasteiger partial charge in [0, 0.05) is 30.2 Å². The standard InChI is InChI=1S/C14H13FN2O3/c15-9-1-2-12-10(7-9)13(18)11(8-16-12)14(19)17-3-5-20-6-4-17/h1-2,7-8H,3-6H2,(H,16,18). The average Bonchev–Trinajstić information content (AvgIpc) is 2.48. The monoisotopic (exact) mass is 276 g/mol. The summed E-state index contributed by atoms with van der Waals surface area (Å²) in [6.07, 6.45) is 1.39. The van der Waals surface area contributed by atoms with Gasteiger partial charge in [-0.15, -0.1) is 0 Å². The number of morpholine rings is 1. The zero-order chi connectivity index (χ0) is 14.1. The van der Waals surface area contributed by atoms with Crippen molar-refractivity contribution in [2.24, 2.45) is 0 Å². The summed E-state index contributed by atoms with van der Waals surface area (Å²) in [6, 6.07) is 3.89. The number of ether oxygens (including phenoxy) is 1. The molecule has 1 amide bonds. The second kappa shape index (κ2) is 5.05. The highest BCUT2D eigenvalue weighted by Crippen LogP contribution is 2.11. The number of H-pyrrole nitrogens is 1. The van der Waals surface area contributed by atoms with Crippen molar-refractivity contribution in [2.45, 2.75) is 0 Å². The summed E-state index contributed by atoms with van der Waals surface area (Å²) < 4.78 is 18.4. The quantitative estimate of drug-likeness (QED) is 0.849. The van der Waals surface area contributed by atoms with Crippen LogP contribution in [0.25, 0.3) is 10.9 Å². The highest BCUT2D eigenvalue weighted by Gasteiger charge is 2.21. The number of aromatic amines is 1. The normalized spacial score (nSPS) is 15.6. The minimum absolute atomic E-state index is 0.0324. The molecule has 0 saturated carbocycles. The number of hydrogen-bond donors (Lipinski definition) is 1. The van der Waals surface area contributed by atoms with Crippen LogP contribution in [0.3, 0.4) is 0 Å². The molecule has 0 aliphatic carbocycles. The van der Waals surface area contributed by atoms with Gasteiger partial charge in [0.05, 0.1) is 13.2 Å². The molecule has 104 valence electrons. The number of hydrogen-bond acceptors (Lipinski definition) is 3. The van der Waals surface area contributed by atoms with E-state index >= 15 is 0 Å². The molecule has 1 aliphatic heterocycles. The molecular formula is C14H13FN2O3. The van der Waals surface area contributed by atoms with E-state index in [1.807, 2.05) is 0 Å². The van der Waals surface area contributed by atoms with Gasteiger partial charge in [0.15, 0.2) is 0 Å². The predicted octanol–water partition coefficient (Wildman–Crippen LogP) is 1.14. The molecule has 1 fully saturated rings. The number of carbonyl (C=O) groups excluding carboxylic acids is 1. The Hall–Kier alpha value is -2.21. The SMILES string of the molecule is O=C(c1c[nH]c2ccc(F)cc2c1=O)N1CCOCC1. The number of pyridine rings is 1. The topological polar surface area (TPSA) is 62.4 Å². The van der Waals surface area contributed by atoms with Crippen LogP contribution in [0.2, 0.25) is 0 Å². The average molecular weight is 276 g/mol. The molecule has 20 heavy (non-hydrogen) atoms. The van der Waals surface area contributed by atoms with Crippen molar-refractivity contribution in [2.75, 3.05) is 26.3 Å². The van der Waals surface area contributed by atoms with Crippen molar-refractivity contribution in [3.05, 3.63) is 46.0 Å². The first kappa shape index (κ1) is 12.8. The number of halogens is 1. The van der Waals surface area contributed by atoms with Gasteiger partial charge >= 0.3 is 0 Å². The molecule has 1 N–H and O–H groups in total. The molecule has 1 aromatic heterocycles. The van der Waals surface area contributed by atoms with Crippen LogP contribution in [-0.2, 0) is 4.74 Å². The summed E-state index contributed by atoms with van der Waals surface area (Å²) in [5.74, 6) is -0.848. The maximum Gasteiger partial charge on any atom is 0.259 e. The molecule has 0 atom stereocenters. The number of rotatable bonds is 1. The molecule has 1 saturated heterocycles. The number of nitrogens with one attached hydrogen (secondary N) is 1. The number of amides is 1. The van der Waals surface area contributed by atoms with Crippen LogP contribution in [0.15, 0.2) is 29.2 Å². The Bertz CT molecular complexity index is 720. The van der Waals surface area contributed by atoms with Gasteiger partial charge < -0.3 is 14.6 Å². The van der Waals surface area contributed by atoms with Crippen LogP contribution in [0.4, 0.5) is 4.39 Å². The van der Waals surface area contributed by atoms with Crippen LogP contribution in [0.5, 0.6) is 0 Å². The van der Waals surface area contributed by atoms with Gasteiger partial charge in [0.2, 0.25) is 5.43 Å². The summed E-state index contributed by atoms with van der Waals surface area (Å²) in [5, 5.41) is 0.184. The summed E-state index contributed by atoms with van der Waals surface area (Å²) in [4.78, 5) is 29.0. The minimum atomic E-state index is -0.501. The van der Waals surface area contributed by atoms with Crippen LogP contribution >= 0.6 is 0 Å². The third kappa shape index (κ3) is 2.18. The molecule has 2 aromatic rings. The first-order valence-electron chi connectivity index (χ1n) is 6.35. The van der Waals surface area contributed by atoms with Crippen molar-refractivity contribution < 1.29 is 13.9 Å². The zero-order valence-electron chi connectivity index (χ0n) is 10.7. The van der Waals surface area contributed by atoms with Crippen molar-refractivity contribution in [1.29, 1.82) is 0 Å². The lowest BCUT2D eigenvalue weighted by Crippen LogP contribution is -2.42. The highest BCUT2D eigenvalue weighted by atomic mass is 19.1. The maximum atomic E-state index is 13.2. The Balaban J connectivity index is 2.05. The first-order chi connectivity index (χ1) is 9.66. The van der Waals surface area contributed by atoms with E-state index in [0.717, 1.165) is 6.07 Å². The third-order valence-corrected chi connectivity index (χ3v) is 3.37. The van der Waals surface area contributed by atoms with Gasteiger partial charge in [0.25, 0.3) is 5.91 Å². The maximum absolute atomic E-state index is 13.2. The van der Waals surface area contributed by atoms with E-state index in [1.54, 1.807) is 4.90 Å². The smallest absolute Gasteiger partial charge is 0.259 e. The van der Waals surface area contributed by atoms with E-state index in [4.69, 9.17) is 4.74 Å². The van der Waals surface area contributed by atoms with Crippen LogP contribution < -0.4 is 5.43 Å². The van der Waals surface area contributed by atoms with E-state index in [0.29, 0.717) is 31.8 Å². The first-order valence-corrected chi connectivity index (χ1v) is 6.35. The lowest BCUT2D eigenvalue weighted by Gasteiger charge is -2.26. The largest absolute Gasteiger partial charge is 0.378 e. The Morgan fingerprint density at radius 3 is 2.80 bits per heavy atom. The summed E-state index contributed by atoms with van der Waals surface area (Å²) >= 11 is 0. The molecule has 3 rings (SSSR count). The fourth-order valence-electron chi connectivity index (χ4n) is 2.29. The summed E-state index contributed by atoms with van der Waals surface area (Å²) in [6.45, 7) is 1.84. The van der Waals surface area contributed by atoms with Gasteiger partial charge in [-0.3, -0.25) is 9.59 Å². The molecule has 0 radical (unpaired) electrons. The van der Waals surface area contributed by atoms with Crippen molar-refractivity contribution >= 4 is 16.8 Å². The molecule has 0 spiro atoms. The van der Waals surface area contributed by atoms with Crippen molar-refractivity contribution in [3.8, 4) is 0 Å². The number of aromatic nitrogens is 1. The fourth-order valence-corrected chi connectivity index (χ4v) is 2.29. The number of nitrogens with zero attached hydrogens (tertiary/aromatic N) is 1. The number of benzene rings is 1. The fraction of sp³-hybridized carbons (Fsp3) is 0.286. The lowest BCUT2D eigenvalue weighted by atomic mass is 10.1. The molecular weight excluding hydrogens is 263 g/mol. The highest BCUT2D eigenvalue weighted by molar-refractivity contribution is 5.97. The lowest BCUT2D eigenvalue weighted by molar-refractivity contribution is 0.0302. The third-order valence-electron chi connectivity index (χ3n) is 3.37. The van der Waals surface area contributed by atoms with Crippen LogP contribution in [0, 0.1) is 5.82 Å². The van der Waals surface area contributed by atoms with Gasteiger partial charge in [-0.2, -0.15) is 0 Å². The molecule has 1 aromatic carbocycles. The summed E-state index contributed by atoms with van der Waals surface area (Å²) in [7, 11) is 0. The molecule has 1 aliphatic rings. The van der Waals surface area contributed by atoms with E-state index in [-0.39, 0.29) is 16.9 Å². The molecule has 2 heterocycles. The Kier molecular flexibility index (Phi) is 3.23. The van der Waals surface area contributed by atoms with Gasteiger partial charge in [-0.1, -0.05) is 0 Å². The van der Waals surface area contributed by atoms with Crippen molar-refractivity contribution in [1.82, 2.24) is 9.88 Å². The van der Waals surface area contributed by atoms with Gasteiger partial charge in [-0.25, -0.2) is 4.39 Å². The van der Waals surface area contributed by atoms with E-state index in [9.17, 15) is 14.0 Å². The Labute approximate surface area is 114 Å². The van der Waals surface area contributed by atoms with E-state index in [2.05, 4.69) is 4.98 Å².